The standard InChI is InChI=1S/C7H7ClO.CH2O/c1-5-2-3-6(8)7(9)4-5;1-2/h2-4,9H,1H3;1H2. The Labute approximate surface area is 70.4 Å². The molecule has 1 N–H and O–H groups in total. The van der Waals surface area contributed by atoms with Gasteiger partial charge in [-0.2, -0.15) is 0 Å². The van der Waals surface area contributed by atoms with Gasteiger partial charge in [-0.15, -0.1) is 0 Å². The van der Waals surface area contributed by atoms with Gasteiger partial charge in [-0.3, -0.25) is 0 Å². The highest BCUT2D eigenvalue weighted by molar-refractivity contribution is 6.31. The van der Waals surface area contributed by atoms with Gasteiger partial charge in [0.25, 0.3) is 0 Å². The van der Waals surface area contributed by atoms with Gasteiger partial charge in [0.15, 0.2) is 0 Å². The molecular formula is C8H9ClO2. The Kier molecular flexibility index (Phi) is 4.30. The van der Waals surface area contributed by atoms with Gasteiger partial charge in [-0.25, -0.2) is 0 Å². The lowest BCUT2D eigenvalue weighted by Gasteiger charge is -1.95. The minimum Gasteiger partial charge on any atom is -0.506 e. The average molecular weight is 173 g/mol. The van der Waals surface area contributed by atoms with Crippen molar-refractivity contribution in [3.05, 3.63) is 28.8 Å². The molecule has 0 bridgehead atoms. The van der Waals surface area contributed by atoms with Crippen molar-refractivity contribution in [1.29, 1.82) is 0 Å². The molecule has 11 heavy (non-hydrogen) atoms. The molecule has 0 atom stereocenters. The Morgan fingerprint density at radius 2 is 2.00 bits per heavy atom. The fourth-order valence-electron chi connectivity index (χ4n) is 0.623. The molecular weight excluding hydrogens is 164 g/mol. The summed E-state index contributed by atoms with van der Waals surface area (Å²) in [5.41, 5.74) is 1.01. The summed E-state index contributed by atoms with van der Waals surface area (Å²) in [4.78, 5) is 8.00. The Hall–Kier alpha value is -1.02. The summed E-state index contributed by atoms with van der Waals surface area (Å²) in [5.74, 6) is 0.150. The normalized spacial score (nSPS) is 8.18. The maximum Gasteiger partial charge on any atom is 0.134 e. The van der Waals surface area contributed by atoms with Crippen LogP contribution < -0.4 is 0 Å². The van der Waals surface area contributed by atoms with Gasteiger partial charge >= 0.3 is 0 Å². The van der Waals surface area contributed by atoms with E-state index in [9.17, 15) is 0 Å². The first-order valence-electron chi connectivity index (χ1n) is 2.94. The third-order valence-corrected chi connectivity index (χ3v) is 1.42. The molecule has 60 valence electrons. The molecule has 0 radical (unpaired) electrons. The third kappa shape index (κ3) is 3.05. The highest BCUT2D eigenvalue weighted by Crippen LogP contribution is 2.22. The Morgan fingerprint density at radius 1 is 1.45 bits per heavy atom. The minimum atomic E-state index is 0.150. The number of halogens is 1. The zero-order valence-corrected chi connectivity index (χ0v) is 6.93. The second-order valence-electron chi connectivity index (χ2n) is 1.95. The summed E-state index contributed by atoms with van der Waals surface area (Å²) in [6.45, 7) is 3.90. The predicted molar refractivity (Wildman–Crippen MR) is 45.0 cm³/mol. The highest BCUT2D eigenvalue weighted by atomic mass is 35.5. The number of benzene rings is 1. The van der Waals surface area contributed by atoms with E-state index >= 15 is 0 Å². The van der Waals surface area contributed by atoms with Crippen molar-refractivity contribution in [3.63, 3.8) is 0 Å². The minimum absolute atomic E-state index is 0.150. The average Bonchev–Trinajstić information content (AvgIpc) is 2.02. The lowest BCUT2D eigenvalue weighted by atomic mass is 10.2. The Morgan fingerprint density at radius 3 is 2.36 bits per heavy atom. The largest absolute Gasteiger partial charge is 0.506 e. The van der Waals surface area contributed by atoms with Crippen LogP contribution in [0, 0.1) is 6.92 Å². The maximum atomic E-state index is 8.97. The zero-order chi connectivity index (χ0) is 8.85. The Bertz CT molecular complexity index is 236. The smallest absolute Gasteiger partial charge is 0.134 e. The molecule has 0 heterocycles. The van der Waals surface area contributed by atoms with E-state index in [-0.39, 0.29) is 5.75 Å². The Balaban J connectivity index is 0.000000461. The molecule has 0 unspecified atom stereocenters. The summed E-state index contributed by atoms with van der Waals surface area (Å²) in [6.07, 6.45) is 0. The van der Waals surface area contributed by atoms with Crippen molar-refractivity contribution in [2.24, 2.45) is 0 Å². The summed E-state index contributed by atoms with van der Waals surface area (Å²) < 4.78 is 0. The maximum absolute atomic E-state index is 8.97. The number of hydrogen-bond acceptors (Lipinski definition) is 2. The van der Waals surface area contributed by atoms with E-state index in [4.69, 9.17) is 21.5 Å². The van der Waals surface area contributed by atoms with Gasteiger partial charge in [0, 0.05) is 0 Å². The molecule has 2 nitrogen and oxygen atoms in total. The number of phenols is 1. The molecule has 0 aliphatic heterocycles. The van der Waals surface area contributed by atoms with Crippen LogP contribution in [-0.2, 0) is 4.79 Å². The van der Waals surface area contributed by atoms with Crippen molar-refractivity contribution in [3.8, 4) is 5.75 Å². The molecule has 1 aromatic carbocycles. The van der Waals surface area contributed by atoms with E-state index in [2.05, 4.69) is 0 Å². The number of hydrogen-bond donors (Lipinski definition) is 1. The number of rotatable bonds is 0. The van der Waals surface area contributed by atoms with Gasteiger partial charge in [0.1, 0.15) is 12.5 Å². The van der Waals surface area contributed by atoms with Gasteiger partial charge < -0.3 is 9.90 Å². The van der Waals surface area contributed by atoms with E-state index in [1.54, 1.807) is 12.1 Å². The summed E-state index contributed by atoms with van der Waals surface area (Å²) in [5, 5.41) is 9.37. The predicted octanol–water partition coefficient (Wildman–Crippen LogP) is 2.17. The fourth-order valence-corrected chi connectivity index (χ4v) is 0.740. The van der Waals surface area contributed by atoms with Gasteiger partial charge in [0.2, 0.25) is 0 Å². The van der Waals surface area contributed by atoms with Crippen molar-refractivity contribution in [2.45, 2.75) is 6.92 Å². The molecule has 0 fully saturated rings. The number of aromatic hydroxyl groups is 1. The molecule has 0 amide bonds. The molecule has 0 spiro atoms. The highest BCUT2D eigenvalue weighted by Gasteiger charge is 1.94. The second-order valence-corrected chi connectivity index (χ2v) is 2.36. The van der Waals surface area contributed by atoms with E-state index in [0.717, 1.165) is 5.56 Å². The number of aryl methyl sites for hydroxylation is 1. The first-order valence-corrected chi connectivity index (χ1v) is 3.32. The van der Waals surface area contributed by atoms with Crippen molar-refractivity contribution < 1.29 is 9.90 Å². The lowest BCUT2D eigenvalue weighted by Crippen LogP contribution is -1.70. The third-order valence-electron chi connectivity index (χ3n) is 1.10. The van der Waals surface area contributed by atoms with E-state index in [1.807, 2.05) is 19.8 Å². The van der Waals surface area contributed by atoms with Gasteiger partial charge in [0.05, 0.1) is 5.02 Å². The van der Waals surface area contributed by atoms with Gasteiger partial charge in [-0.1, -0.05) is 17.7 Å². The summed E-state index contributed by atoms with van der Waals surface area (Å²) in [6, 6.07) is 5.15. The van der Waals surface area contributed by atoms with Crippen molar-refractivity contribution in [2.75, 3.05) is 0 Å². The van der Waals surface area contributed by atoms with Crippen LogP contribution in [0.1, 0.15) is 5.56 Å². The van der Waals surface area contributed by atoms with Crippen LogP contribution in [0.2, 0.25) is 5.02 Å². The lowest BCUT2D eigenvalue weighted by molar-refractivity contribution is -0.0979. The van der Waals surface area contributed by atoms with Crippen LogP contribution in [0.4, 0.5) is 0 Å². The topological polar surface area (TPSA) is 37.3 Å². The molecule has 1 aromatic rings. The van der Waals surface area contributed by atoms with E-state index < -0.39 is 0 Å². The fraction of sp³-hybridized carbons (Fsp3) is 0.125. The summed E-state index contributed by atoms with van der Waals surface area (Å²) in [7, 11) is 0. The molecule has 0 aromatic heterocycles. The SMILES string of the molecule is C=O.Cc1ccc(Cl)c(O)c1. The molecule has 0 aliphatic carbocycles. The van der Waals surface area contributed by atoms with Crippen LogP contribution in [0.15, 0.2) is 18.2 Å². The first-order chi connectivity index (χ1) is 5.20. The zero-order valence-electron chi connectivity index (χ0n) is 6.17. The quantitative estimate of drug-likeness (QED) is 0.651. The molecule has 0 saturated heterocycles. The molecule has 3 heteroatoms. The van der Waals surface area contributed by atoms with Crippen LogP contribution in [0.3, 0.4) is 0 Å². The van der Waals surface area contributed by atoms with Gasteiger partial charge in [-0.05, 0) is 24.6 Å². The van der Waals surface area contributed by atoms with Crippen LogP contribution in [-0.4, -0.2) is 11.9 Å². The number of carbonyl (C=O) groups is 1. The van der Waals surface area contributed by atoms with Crippen molar-refractivity contribution >= 4 is 18.4 Å². The second kappa shape index (κ2) is 4.74. The molecule has 0 saturated carbocycles. The molecule has 1 rings (SSSR count). The van der Waals surface area contributed by atoms with Crippen molar-refractivity contribution in [1.82, 2.24) is 0 Å². The first kappa shape index (κ1) is 9.98. The van der Waals surface area contributed by atoms with Crippen LogP contribution >= 0.6 is 11.6 Å². The van der Waals surface area contributed by atoms with E-state index in [1.165, 1.54) is 0 Å². The van der Waals surface area contributed by atoms with E-state index in [0.29, 0.717) is 5.02 Å². The number of carbonyl (C=O) groups excluding carboxylic acids is 1. The van der Waals surface area contributed by atoms with Crippen LogP contribution in [0.5, 0.6) is 5.75 Å². The molecule has 0 aliphatic rings. The monoisotopic (exact) mass is 172 g/mol. The number of phenolic OH excluding ortho intramolecular Hbond substituents is 1. The summed E-state index contributed by atoms with van der Waals surface area (Å²) >= 11 is 5.53. The van der Waals surface area contributed by atoms with Crippen LogP contribution in [0.25, 0.3) is 0 Å².